The van der Waals surface area contributed by atoms with Crippen molar-refractivity contribution in [1.29, 1.82) is 0 Å². The summed E-state index contributed by atoms with van der Waals surface area (Å²) < 4.78 is 1.16. The summed E-state index contributed by atoms with van der Waals surface area (Å²) in [6.45, 7) is 7.02. The number of fused-ring (bicyclic) bond motifs is 1. The van der Waals surface area contributed by atoms with Gasteiger partial charge in [-0.2, -0.15) is 0 Å². The molecule has 0 unspecified atom stereocenters. The molecule has 0 radical (unpaired) electrons. The van der Waals surface area contributed by atoms with Gasteiger partial charge < -0.3 is 9.80 Å². The Morgan fingerprint density at radius 3 is 2.53 bits per heavy atom. The Morgan fingerprint density at radius 2 is 1.83 bits per heavy atom. The predicted molar refractivity (Wildman–Crippen MR) is 125 cm³/mol. The average molecular weight is 430 g/mol. The summed E-state index contributed by atoms with van der Waals surface area (Å²) in [5.74, 6) is 0.289. The van der Waals surface area contributed by atoms with E-state index in [9.17, 15) is 9.59 Å². The summed E-state index contributed by atoms with van der Waals surface area (Å²) >= 11 is 1.60. The maximum atomic E-state index is 12.9. The first-order valence-electron chi connectivity index (χ1n) is 11.2. The monoisotopic (exact) mass is 429 g/mol. The highest BCUT2D eigenvalue weighted by molar-refractivity contribution is 7.21. The lowest BCUT2D eigenvalue weighted by molar-refractivity contribution is -0.132. The first-order valence-corrected chi connectivity index (χ1v) is 12.0. The number of thiophene rings is 1. The third-order valence-electron chi connectivity index (χ3n) is 6.19. The molecule has 0 aliphatic carbocycles. The van der Waals surface area contributed by atoms with Crippen molar-refractivity contribution >= 4 is 33.2 Å². The molecule has 1 aliphatic heterocycles. The quantitative estimate of drug-likeness (QED) is 0.661. The topological polar surface area (TPSA) is 43.9 Å². The van der Waals surface area contributed by atoms with Gasteiger partial charge in [0.1, 0.15) is 0 Å². The summed E-state index contributed by atoms with van der Waals surface area (Å²) in [6.07, 6.45) is 5.42. The Balaban J connectivity index is 1.91. The van der Waals surface area contributed by atoms with Crippen LogP contribution in [0.5, 0.6) is 0 Å². The Labute approximate surface area is 184 Å². The molecular weight excluding hydrogens is 394 g/mol. The smallest absolute Gasteiger partial charge is 0.263 e. The number of likely N-dealkylation sites (N-methyl/N-ethyl adjacent to an activating group) is 1. The molecule has 1 aromatic carbocycles. The van der Waals surface area contributed by atoms with Gasteiger partial charge in [0.2, 0.25) is 5.91 Å². The van der Waals surface area contributed by atoms with Crippen molar-refractivity contribution in [3.05, 3.63) is 34.7 Å². The third kappa shape index (κ3) is 5.03. The third-order valence-corrected chi connectivity index (χ3v) is 7.39. The van der Waals surface area contributed by atoms with Crippen molar-refractivity contribution in [3.8, 4) is 0 Å². The highest BCUT2D eigenvalue weighted by Gasteiger charge is 2.28. The number of rotatable bonds is 7. The molecule has 0 spiro atoms. The van der Waals surface area contributed by atoms with Crippen LogP contribution in [0.15, 0.2) is 24.3 Å². The molecule has 2 amide bonds. The van der Waals surface area contributed by atoms with Gasteiger partial charge in [-0.25, -0.2) is 0 Å². The molecule has 2 heterocycles. The predicted octanol–water partition coefficient (Wildman–Crippen LogP) is 4.26. The molecule has 5 nitrogen and oxygen atoms in total. The molecule has 1 saturated heterocycles. The number of nitrogens with zero attached hydrogens (tertiary/aromatic N) is 3. The minimum atomic E-state index is 0.0746. The number of carbonyl (C=O) groups excluding carboxylic acids is 2. The molecular formula is C24H35N3O2S. The molecule has 2 aromatic rings. The standard InChI is InChI=1S/C24H35N3O2S/c1-5-26(6-2)22(28)17-27-15-11-7-8-12-18(27)16-20-19-13-9-10-14-21(19)30-23(20)24(29)25(3)4/h9-10,13-14,18H,5-8,11-12,15-17H2,1-4H3/t18-/m0/s1. The van der Waals surface area contributed by atoms with Gasteiger partial charge in [0.05, 0.1) is 11.4 Å². The van der Waals surface area contributed by atoms with Crippen LogP contribution < -0.4 is 0 Å². The Kier molecular flexibility index (Phi) is 7.89. The van der Waals surface area contributed by atoms with Crippen LogP contribution in [0.25, 0.3) is 10.1 Å². The number of carbonyl (C=O) groups is 2. The molecule has 164 valence electrons. The largest absolute Gasteiger partial charge is 0.344 e. The van der Waals surface area contributed by atoms with E-state index in [0.29, 0.717) is 12.6 Å². The molecule has 0 bridgehead atoms. The van der Waals surface area contributed by atoms with Crippen molar-refractivity contribution in [3.63, 3.8) is 0 Å². The van der Waals surface area contributed by atoms with Crippen molar-refractivity contribution < 1.29 is 9.59 Å². The molecule has 30 heavy (non-hydrogen) atoms. The molecule has 6 heteroatoms. The first-order chi connectivity index (χ1) is 14.5. The number of likely N-dealkylation sites (tertiary alicyclic amines) is 1. The Hall–Kier alpha value is -1.92. The summed E-state index contributed by atoms with van der Waals surface area (Å²) in [5.41, 5.74) is 1.15. The second-order valence-electron chi connectivity index (χ2n) is 8.35. The minimum absolute atomic E-state index is 0.0746. The van der Waals surface area contributed by atoms with E-state index in [2.05, 4.69) is 23.1 Å². The van der Waals surface area contributed by atoms with Gasteiger partial charge >= 0.3 is 0 Å². The number of hydrogen-bond donors (Lipinski definition) is 0. The van der Waals surface area contributed by atoms with Gasteiger partial charge in [0.15, 0.2) is 0 Å². The molecule has 0 saturated carbocycles. The summed E-state index contributed by atoms with van der Waals surface area (Å²) in [5, 5.41) is 1.19. The Bertz CT molecular complexity index is 872. The zero-order valence-electron chi connectivity index (χ0n) is 18.8. The van der Waals surface area contributed by atoms with Crippen LogP contribution >= 0.6 is 11.3 Å². The fourth-order valence-electron chi connectivity index (χ4n) is 4.44. The van der Waals surface area contributed by atoms with Crippen LogP contribution in [-0.4, -0.2) is 72.8 Å². The van der Waals surface area contributed by atoms with Crippen molar-refractivity contribution in [1.82, 2.24) is 14.7 Å². The fraction of sp³-hybridized carbons (Fsp3) is 0.583. The van der Waals surface area contributed by atoms with Crippen LogP contribution in [0, 0.1) is 0 Å². The van der Waals surface area contributed by atoms with E-state index in [0.717, 1.165) is 54.0 Å². The van der Waals surface area contributed by atoms with E-state index in [1.54, 1.807) is 16.2 Å². The molecule has 1 fully saturated rings. The summed E-state index contributed by atoms with van der Waals surface area (Å²) in [6, 6.07) is 8.61. The second kappa shape index (κ2) is 10.4. The zero-order chi connectivity index (χ0) is 21.7. The molecule has 1 aromatic heterocycles. The average Bonchev–Trinajstić information content (AvgIpc) is 2.95. The lowest BCUT2D eigenvalue weighted by atomic mass is 9.97. The SMILES string of the molecule is CCN(CC)C(=O)CN1CCCCC[C@H]1Cc1c(C(=O)N(C)C)sc2ccccc12. The zero-order valence-corrected chi connectivity index (χ0v) is 19.6. The van der Waals surface area contributed by atoms with Crippen molar-refractivity contribution in [2.24, 2.45) is 0 Å². The van der Waals surface area contributed by atoms with Gasteiger partial charge in [-0.1, -0.05) is 31.0 Å². The first kappa shape index (κ1) is 22.8. The fourth-order valence-corrected chi connectivity index (χ4v) is 5.69. The summed E-state index contributed by atoms with van der Waals surface area (Å²) in [7, 11) is 3.63. The number of amides is 2. The lowest BCUT2D eigenvalue weighted by Gasteiger charge is -2.31. The van der Waals surface area contributed by atoms with Crippen LogP contribution in [0.2, 0.25) is 0 Å². The lowest BCUT2D eigenvalue weighted by Crippen LogP contribution is -2.45. The highest BCUT2D eigenvalue weighted by Crippen LogP contribution is 2.34. The van der Waals surface area contributed by atoms with Crippen molar-refractivity contribution in [2.75, 3.05) is 40.3 Å². The second-order valence-corrected chi connectivity index (χ2v) is 9.40. The van der Waals surface area contributed by atoms with E-state index in [-0.39, 0.29) is 11.8 Å². The molecule has 0 N–H and O–H groups in total. The van der Waals surface area contributed by atoms with Crippen LogP contribution in [0.3, 0.4) is 0 Å². The Morgan fingerprint density at radius 1 is 1.10 bits per heavy atom. The normalized spacial score (nSPS) is 17.7. The van der Waals surface area contributed by atoms with Gasteiger partial charge in [-0.05, 0) is 56.7 Å². The van der Waals surface area contributed by atoms with E-state index in [1.807, 2.05) is 38.9 Å². The molecule has 1 aliphatic rings. The van der Waals surface area contributed by atoms with Gasteiger partial charge in [-0.15, -0.1) is 11.3 Å². The maximum Gasteiger partial charge on any atom is 0.263 e. The maximum absolute atomic E-state index is 12.9. The highest BCUT2D eigenvalue weighted by atomic mass is 32.1. The minimum Gasteiger partial charge on any atom is -0.344 e. The van der Waals surface area contributed by atoms with Gasteiger partial charge in [0, 0.05) is 37.9 Å². The number of hydrogen-bond acceptors (Lipinski definition) is 4. The summed E-state index contributed by atoms with van der Waals surface area (Å²) in [4.78, 5) is 32.6. The van der Waals surface area contributed by atoms with Crippen LogP contribution in [0.4, 0.5) is 0 Å². The van der Waals surface area contributed by atoms with E-state index in [1.165, 1.54) is 18.2 Å². The van der Waals surface area contributed by atoms with Gasteiger partial charge in [-0.3, -0.25) is 14.5 Å². The van der Waals surface area contributed by atoms with E-state index >= 15 is 0 Å². The number of benzene rings is 1. The van der Waals surface area contributed by atoms with Gasteiger partial charge in [0.25, 0.3) is 5.91 Å². The van der Waals surface area contributed by atoms with E-state index in [4.69, 9.17) is 0 Å². The van der Waals surface area contributed by atoms with E-state index < -0.39 is 0 Å². The molecule has 3 rings (SSSR count). The molecule has 1 atom stereocenters. The van der Waals surface area contributed by atoms with Crippen LogP contribution in [0.1, 0.15) is 54.8 Å². The van der Waals surface area contributed by atoms with Crippen molar-refractivity contribution in [2.45, 2.75) is 52.0 Å². The van der Waals surface area contributed by atoms with Crippen LogP contribution in [-0.2, 0) is 11.2 Å².